The fourth-order valence-corrected chi connectivity index (χ4v) is 4.75. The van der Waals surface area contributed by atoms with Crippen molar-refractivity contribution in [2.45, 2.75) is 88.9 Å². The van der Waals surface area contributed by atoms with Crippen molar-refractivity contribution >= 4 is 5.97 Å². The van der Waals surface area contributed by atoms with Crippen LogP contribution in [0.3, 0.4) is 0 Å². The van der Waals surface area contributed by atoms with Crippen molar-refractivity contribution in [3.8, 4) is 0 Å². The molecule has 5 atom stereocenters. The van der Waals surface area contributed by atoms with Gasteiger partial charge in [-0.05, 0) is 81.6 Å². The molecule has 0 bridgehead atoms. The molecule has 0 aromatic heterocycles. The van der Waals surface area contributed by atoms with Gasteiger partial charge < -0.3 is 24.9 Å². The fourth-order valence-electron chi connectivity index (χ4n) is 4.75. The number of esters is 1. The Kier molecular flexibility index (Phi) is 14.1. The minimum Gasteiger partial charge on any atom is -0.466 e. The van der Waals surface area contributed by atoms with Crippen LogP contribution in [0, 0.1) is 22.0 Å². The molecule has 3 N–H and O–H groups in total. The molecule has 1 saturated carbocycles. The van der Waals surface area contributed by atoms with Crippen LogP contribution in [-0.2, 0) is 20.8 Å². The zero-order valence-electron chi connectivity index (χ0n) is 21.0. The number of benzene rings is 1. The Balaban J connectivity index is 1.60. The van der Waals surface area contributed by atoms with Gasteiger partial charge in [0.15, 0.2) is 0 Å². The van der Waals surface area contributed by atoms with E-state index in [1.165, 1.54) is 5.56 Å². The summed E-state index contributed by atoms with van der Waals surface area (Å²) < 4.78 is 5.10. The summed E-state index contributed by atoms with van der Waals surface area (Å²) in [5, 5.41) is 40.5. The first kappa shape index (κ1) is 29.7. The Labute approximate surface area is 213 Å². The minimum atomic E-state index is -0.839. The topological polar surface area (TPSA) is 139 Å². The molecule has 0 amide bonds. The Bertz CT molecular complexity index is 787. The summed E-state index contributed by atoms with van der Waals surface area (Å²) >= 11 is 0. The number of aryl methyl sites for hydroxylation is 1. The molecule has 0 saturated heterocycles. The number of nitrogens with zero attached hydrogens (tertiary/aromatic N) is 1. The summed E-state index contributed by atoms with van der Waals surface area (Å²) in [5.41, 5.74) is 1.20. The first-order valence-electron chi connectivity index (χ1n) is 13.0. The monoisotopic (exact) mass is 507 g/mol. The van der Waals surface area contributed by atoms with Crippen LogP contribution in [0.15, 0.2) is 42.5 Å². The van der Waals surface area contributed by atoms with Gasteiger partial charge in [0, 0.05) is 6.42 Å². The van der Waals surface area contributed by atoms with Crippen LogP contribution in [0.25, 0.3) is 0 Å². The van der Waals surface area contributed by atoms with E-state index in [0.717, 1.165) is 6.42 Å². The highest BCUT2D eigenvalue weighted by molar-refractivity contribution is 5.69. The quantitative estimate of drug-likeness (QED) is 0.0897. The van der Waals surface area contributed by atoms with Gasteiger partial charge in [-0.2, -0.15) is 0 Å². The normalized spacial score (nSPS) is 22.5. The Morgan fingerprint density at radius 2 is 1.78 bits per heavy atom. The molecule has 1 aromatic rings. The average Bonchev–Trinajstić information content (AvgIpc) is 3.12. The molecule has 1 unspecified atom stereocenters. The zero-order valence-corrected chi connectivity index (χ0v) is 21.0. The summed E-state index contributed by atoms with van der Waals surface area (Å²) in [4.78, 5) is 26.0. The molecule has 1 fully saturated rings. The van der Waals surface area contributed by atoms with Gasteiger partial charge in [0.1, 0.15) is 0 Å². The highest BCUT2D eigenvalue weighted by atomic mass is 16.9. The lowest BCUT2D eigenvalue weighted by Crippen LogP contribution is -2.23. The number of carbonyl (C=O) groups is 1. The molecule has 2 rings (SSSR count). The lowest BCUT2D eigenvalue weighted by Gasteiger charge is -2.23. The zero-order chi connectivity index (χ0) is 26.2. The second-order valence-corrected chi connectivity index (χ2v) is 9.54. The molecule has 36 heavy (non-hydrogen) atoms. The molecular formula is C27H41NO8. The summed E-state index contributed by atoms with van der Waals surface area (Å²) in [6.07, 6.45) is 8.87. The van der Waals surface area contributed by atoms with Crippen LogP contribution >= 0.6 is 0 Å². The standard InChI is InChI=1S/C27H41NO8/c29-22(15-14-21-10-4-3-5-11-21)16-17-24-23(25(30)20-26(24)31)12-6-1-2-7-13-27(32)35-18-8-9-19-36-28(33)34/h1,3-6,10-11,22-26,29-31H,2,7-9,12-20H2/b6-1-/t22?,23-,24-,25+,26-/m0/s1. The lowest BCUT2D eigenvalue weighted by atomic mass is 9.85. The first-order valence-corrected chi connectivity index (χ1v) is 13.0. The number of hydrogen-bond donors (Lipinski definition) is 3. The molecule has 202 valence electrons. The molecule has 0 heterocycles. The molecule has 9 heteroatoms. The van der Waals surface area contributed by atoms with E-state index in [9.17, 15) is 30.2 Å². The maximum atomic E-state index is 11.7. The van der Waals surface area contributed by atoms with Crippen molar-refractivity contribution in [1.82, 2.24) is 0 Å². The van der Waals surface area contributed by atoms with Gasteiger partial charge in [-0.25, -0.2) is 0 Å². The summed E-state index contributed by atoms with van der Waals surface area (Å²) in [6.45, 7) is 0.220. The third-order valence-electron chi connectivity index (χ3n) is 6.79. The predicted molar refractivity (Wildman–Crippen MR) is 134 cm³/mol. The van der Waals surface area contributed by atoms with Crippen LogP contribution in [-0.4, -0.2) is 57.9 Å². The number of aliphatic hydroxyl groups is 3. The molecule has 9 nitrogen and oxygen atoms in total. The molecule has 0 aliphatic heterocycles. The molecule has 0 radical (unpaired) electrons. The molecule has 1 aliphatic rings. The number of aliphatic hydroxyl groups excluding tert-OH is 3. The molecular weight excluding hydrogens is 466 g/mol. The third kappa shape index (κ3) is 12.0. The third-order valence-corrected chi connectivity index (χ3v) is 6.79. The van der Waals surface area contributed by atoms with Crippen molar-refractivity contribution in [3.63, 3.8) is 0 Å². The summed E-state index contributed by atoms with van der Waals surface area (Å²) in [7, 11) is 0. The first-order chi connectivity index (χ1) is 17.4. The average molecular weight is 508 g/mol. The molecule has 1 aromatic carbocycles. The smallest absolute Gasteiger partial charge is 0.305 e. The van der Waals surface area contributed by atoms with E-state index >= 15 is 0 Å². The van der Waals surface area contributed by atoms with Crippen LogP contribution in [0.4, 0.5) is 0 Å². The van der Waals surface area contributed by atoms with Crippen molar-refractivity contribution in [2.75, 3.05) is 13.2 Å². The highest BCUT2D eigenvalue weighted by Gasteiger charge is 2.40. The SMILES string of the molecule is O=C(CCC/C=C\C[C@H]1[C@H](CCC(O)CCc2ccccc2)[C@@H](O)C[C@H]1O)OCCCCO[N+](=O)[O-]. The van der Waals surface area contributed by atoms with Gasteiger partial charge in [0.05, 0.1) is 31.5 Å². The van der Waals surface area contributed by atoms with E-state index in [-0.39, 0.29) is 31.0 Å². The second-order valence-electron chi connectivity index (χ2n) is 9.54. The fraction of sp³-hybridized carbons (Fsp3) is 0.667. The van der Waals surface area contributed by atoms with Gasteiger partial charge in [-0.3, -0.25) is 4.79 Å². The number of ether oxygens (including phenoxy) is 1. The Morgan fingerprint density at radius 1 is 1.06 bits per heavy atom. The van der Waals surface area contributed by atoms with E-state index in [4.69, 9.17) is 4.74 Å². The van der Waals surface area contributed by atoms with Crippen LogP contribution < -0.4 is 0 Å². The van der Waals surface area contributed by atoms with Crippen LogP contribution in [0.2, 0.25) is 0 Å². The van der Waals surface area contributed by atoms with E-state index in [1.54, 1.807) is 0 Å². The summed E-state index contributed by atoms with van der Waals surface area (Å²) in [5.74, 6) is -0.373. The second kappa shape index (κ2) is 17.1. The molecule has 1 aliphatic carbocycles. The van der Waals surface area contributed by atoms with E-state index in [0.29, 0.717) is 64.2 Å². The van der Waals surface area contributed by atoms with Gasteiger partial charge in [-0.15, -0.1) is 10.1 Å². The van der Waals surface area contributed by atoms with Gasteiger partial charge >= 0.3 is 5.97 Å². The van der Waals surface area contributed by atoms with Gasteiger partial charge in [-0.1, -0.05) is 42.5 Å². The van der Waals surface area contributed by atoms with Crippen molar-refractivity contribution in [3.05, 3.63) is 58.2 Å². The number of hydrogen-bond acceptors (Lipinski definition) is 8. The minimum absolute atomic E-state index is 0.00222. The highest BCUT2D eigenvalue weighted by Crippen LogP contribution is 2.38. The predicted octanol–water partition coefficient (Wildman–Crippen LogP) is 3.77. The number of rotatable bonds is 18. The Hall–Kier alpha value is -2.49. The Morgan fingerprint density at radius 3 is 2.53 bits per heavy atom. The van der Waals surface area contributed by atoms with E-state index in [2.05, 4.69) is 17.0 Å². The van der Waals surface area contributed by atoms with E-state index in [1.807, 2.05) is 30.4 Å². The van der Waals surface area contributed by atoms with Crippen molar-refractivity contribution < 1.29 is 34.8 Å². The van der Waals surface area contributed by atoms with Gasteiger partial charge in [0.25, 0.3) is 5.09 Å². The number of allylic oxidation sites excluding steroid dienone is 2. The van der Waals surface area contributed by atoms with Gasteiger partial charge in [0.2, 0.25) is 0 Å². The van der Waals surface area contributed by atoms with Crippen LogP contribution in [0.5, 0.6) is 0 Å². The maximum absolute atomic E-state index is 11.7. The summed E-state index contributed by atoms with van der Waals surface area (Å²) in [6, 6.07) is 10.1. The van der Waals surface area contributed by atoms with Crippen molar-refractivity contribution in [1.29, 1.82) is 0 Å². The number of carbonyl (C=O) groups excluding carboxylic acids is 1. The lowest BCUT2D eigenvalue weighted by molar-refractivity contribution is -0.757. The van der Waals surface area contributed by atoms with Crippen LogP contribution in [0.1, 0.15) is 69.8 Å². The van der Waals surface area contributed by atoms with E-state index < -0.39 is 23.4 Å². The van der Waals surface area contributed by atoms with Crippen molar-refractivity contribution in [2.24, 2.45) is 11.8 Å². The largest absolute Gasteiger partial charge is 0.466 e. The maximum Gasteiger partial charge on any atom is 0.305 e. The number of unbranched alkanes of at least 4 members (excludes halogenated alkanes) is 2. The molecule has 0 spiro atoms.